The van der Waals surface area contributed by atoms with Crippen LogP contribution in [0.2, 0.25) is 0 Å². The summed E-state index contributed by atoms with van der Waals surface area (Å²) in [5, 5.41) is 9.22. The Balaban J connectivity index is 1.87. The van der Waals surface area contributed by atoms with Crippen molar-refractivity contribution in [2.75, 3.05) is 27.2 Å². The van der Waals surface area contributed by atoms with E-state index in [4.69, 9.17) is 0 Å². The van der Waals surface area contributed by atoms with Gasteiger partial charge in [-0.25, -0.2) is 4.39 Å². The molecule has 0 aliphatic heterocycles. The average Bonchev–Trinajstić information content (AvgIpc) is 2.70. The molecule has 0 heterocycles. The van der Waals surface area contributed by atoms with Crippen LogP contribution in [0.4, 0.5) is 4.39 Å². The van der Waals surface area contributed by atoms with Gasteiger partial charge in [0.15, 0.2) is 5.96 Å². The minimum Gasteiger partial charge on any atom is -0.356 e. The molecule has 0 bridgehead atoms. The molecule has 3 N–H and O–H groups in total. The zero-order valence-electron chi connectivity index (χ0n) is 17.0. The fraction of sp³-hybridized carbons (Fsp3) is 0.364. The number of halogens is 1. The van der Waals surface area contributed by atoms with Crippen LogP contribution in [0, 0.1) is 5.82 Å². The van der Waals surface area contributed by atoms with E-state index in [0.717, 1.165) is 17.5 Å². The highest BCUT2D eigenvalue weighted by Crippen LogP contribution is 2.22. The van der Waals surface area contributed by atoms with Crippen LogP contribution in [0.5, 0.6) is 0 Å². The number of hydrogen-bond acceptors (Lipinski definition) is 2. The van der Waals surface area contributed by atoms with Gasteiger partial charge in [-0.15, -0.1) is 0 Å². The lowest BCUT2D eigenvalue weighted by Gasteiger charge is -2.27. The quantitative estimate of drug-likeness (QED) is 0.508. The number of carbonyl (C=O) groups excluding carboxylic acids is 1. The average molecular weight is 384 g/mol. The van der Waals surface area contributed by atoms with Gasteiger partial charge in [0.2, 0.25) is 0 Å². The van der Waals surface area contributed by atoms with Gasteiger partial charge in [-0.1, -0.05) is 38.1 Å². The first-order valence-corrected chi connectivity index (χ1v) is 9.37. The summed E-state index contributed by atoms with van der Waals surface area (Å²) in [4.78, 5) is 16.0. The second kappa shape index (κ2) is 9.88. The van der Waals surface area contributed by atoms with Crippen LogP contribution in [0.25, 0.3) is 0 Å². The van der Waals surface area contributed by atoms with Crippen molar-refractivity contribution in [3.63, 3.8) is 0 Å². The molecule has 0 spiro atoms. The first kappa shape index (κ1) is 21.4. The fourth-order valence-corrected chi connectivity index (χ4v) is 2.87. The van der Waals surface area contributed by atoms with Crippen LogP contribution < -0.4 is 16.0 Å². The number of amides is 1. The van der Waals surface area contributed by atoms with Crippen LogP contribution in [0.15, 0.2) is 53.5 Å². The third kappa shape index (κ3) is 6.08. The lowest BCUT2D eigenvalue weighted by atomic mass is 9.84. The van der Waals surface area contributed by atoms with Crippen molar-refractivity contribution in [3.05, 3.63) is 71.0 Å². The first-order chi connectivity index (χ1) is 13.4. The number of nitrogens with one attached hydrogen (secondary N) is 3. The lowest BCUT2D eigenvalue weighted by Crippen LogP contribution is -2.44. The van der Waals surface area contributed by atoms with Gasteiger partial charge >= 0.3 is 0 Å². The molecule has 1 amide bonds. The second-order valence-electron chi connectivity index (χ2n) is 7.28. The van der Waals surface area contributed by atoms with Gasteiger partial charge < -0.3 is 16.0 Å². The molecule has 28 heavy (non-hydrogen) atoms. The molecule has 150 valence electrons. The molecule has 2 rings (SSSR count). The molecule has 0 saturated carbocycles. The molecule has 0 aliphatic carbocycles. The number of hydrogen-bond donors (Lipinski definition) is 3. The Morgan fingerprint density at radius 3 is 2.54 bits per heavy atom. The second-order valence-corrected chi connectivity index (χ2v) is 7.28. The molecule has 0 fully saturated rings. The van der Waals surface area contributed by atoms with Gasteiger partial charge in [0.1, 0.15) is 5.82 Å². The third-order valence-electron chi connectivity index (χ3n) is 4.65. The summed E-state index contributed by atoms with van der Waals surface area (Å²) in [6, 6.07) is 14.2. The van der Waals surface area contributed by atoms with Crippen molar-refractivity contribution >= 4 is 11.9 Å². The van der Waals surface area contributed by atoms with Crippen molar-refractivity contribution in [1.82, 2.24) is 16.0 Å². The Labute approximate surface area is 166 Å². The minimum atomic E-state index is -0.248. The van der Waals surface area contributed by atoms with Crippen LogP contribution in [0.3, 0.4) is 0 Å². The standard InChI is InChI=1S/C22H29FN4O/c1-22(2,18-9-6-10-19(23)14-18)15-27-21(25-4)26-12-11-16-7-5-8-17(13-16)20(28)24-3/h5-10,13-14H,11-12,15H2,1-4H3,(H,24,28)(H2,25,26,27). The summed E-state index contributed by atoms with van der Waals surface area (Å²) in [5.74, 6) is 0.367. The third-order valence-corrected chi connectivity index (χ3v) is 4.65. The number of carbonyl (C=O) groups is 1. The van der Waals surface area contributed by atoms with E-state index in [1.807, 2.05) is 24.3 Å². The Morgan fingerprint density at radius 2 is 1.86 bits per heavy atom. The summed E-state index contributed by atoms with van der Waals surface area (Å²) in [5.41, 5.74) is 2.41. The largest absolute Gasteiger partial charge is 0.356 e. The summed E-state index contributed by atoms with van der Waals surface area (Å²) in [6.45, 7) is 5.41. The summed E-state index contributed by atoms with van der Waals surface area (Å²) >= 11 is 0. The first-order valence-electron chi connectivity index (χ1n) is 9.37. The highest BCUT2D eigenvalue weighted by molar-refractivity contribution is 5.94. The normalized spacial score (nSPS) is 11.8. The number of nitrogens with zero attached hydrogens (tertiary/aromatic N) is 1. The SMILES string of the molecule is CN=C(NCCc1cccc(C(=O)NC)c1)NCC(C)(C)c1cccc(F)c1. The monoisotopic (exact) mass is 384 g/mol. The smallest absolute Gasteiger partial charge is 0.251 e. The molecule has 2 aromatic rings. The summed E-state index contributed by atoms with van der Waals surface area (Å²) < 4.78 is 13.5. The van der Waals surface area contributed by atoms with Gasteiger partial charge in [-0.2, -0.15) is 0 Å². The van der Waals surface area contributed by atoms with Crippen LogP contribution in [-0.4, -0.2) is 39.1 Å². The Kier molecular flexibility index (Phi) is 7.55. The van der Waals surface area contributed by atoms with Crippen LogP contribution >= 0.6 is 0 Å². The molecular weight excluding hydrogens is 355 g/mol. The molecule has 0 aliphatic rings. The molecule has 0 saturated heterocycles. The van der Waals surface area contributed by atoms with Crippen LogP contribution in [-0.2, 0) is 11.8 Å². The number of aliphatic imine (C=N–C) groups is 1. The van der Waals surface area contributed by atoms with E-state index in [2.05, 4.69) is 34.8 Å². The molecule has 0 radical (unpaired) electrons. The van der Waals surface area contributed by atoms with Crippen molar-refractivity contribution in [3.8, 4) is 0 Å². The van der Waals surface area contributed by atoms with Gasteiger partial charge in [-0.05, 0) is 41.8 Å². The molecule has 2 aromatic carbocycles. The number of rotatable bonds is 7. The van der Waals surface area contributed by atoms with Gasteiger partial charge in [0.25, 0.3) is 5.91 Å². The van der Waals surface area contributed by atoms with Crippen LogP contribution in [0.1, 0.15) is 35.3 Å². The van der Waals surface area contributed by atoms with Crippen molar-refractivity contribution < 1.29 is 9.18 Å². The molecule has 5 nitrogen and oxygen atoms in total. The summed E-state index contributed by atoms with van der Waals surface area (Å²) in [7, 11) is 3.34. The minimum absolute atomic E-state index is 0.0909. The van der Waals surface area contributed by atoms with E-state index >= 15 is 0 Å². The summed E-state index contributed by atoms with van der Waals surface area (Å²) in [6.07, 6.45) is 0.763. The van der Waals surface area contributed by atoms with E-state index in [9.17, 15) is 9.18 Å². The maximum Gasteiger partial charge on any atom is 0.251 e. The highest BCUT2D eigenvalue weighted by Gasteiger charge is 2.21. The zero-order chi connectivity index (χ0) is 20.6. The molecule has 0 unspecified atom stereocenters. The predicted molar refractivity (Wildman–Crippen MR) is 112 cm³/mol. The Bertz CT molecular complexity index is 833. The zero-order valence-corrected chi connectivity index (χ0v) is 17.0. The molecule has 6 heteroatoms. The van der Waals surface area contributed by atoms with E-state index in [-0.39, 0.29) is 17.1 Å². The highest BCUT2D eigenvalue weighted by atomic mass is 19.1. The van der Waals surface area contributed by atoms with E-state index < -0.39 is 0 Å². The lowest BCUT2D eigenvalue weighted by molar-refractivity contribution is 0.0963. The van der Waals surface area contributed by atoms with Gasteiger partial charge in [0.05, 0.1) is 0 Å². The predicted octanol–water partition coefficient (Wildman–Crippen LogP) is 2.87. The van der Waals surface area contributed by atoms with Crippen molar-refractivity contribution in [2.24, 2.45) is 4.99 Å². The Hall–Kier alpha value is -2.89. The van der Waals surface area contributed by atoms with Crippen molar-refractivity contribution in [2.45, 2.75) is 25.7 Å². The molecule has 0 aromatic heterocycles. The van der Waals surface area contributed by atoms with Crippen molar-refractivity contribution in [1.29, 1.82) is 0 Å². The number of benzene rings is 2. The van der Waals surface area contributed by atoms with E-state index in [0.29, 0.717) is 24.6 Å². The topological polar surface area (TPSA) is 65.5 Å². The van der Waals surface area contributed by atoms with E-state index in [1.165, 1.54) is 6.07 Å². The molecular formula is C22H29FN4O. The maximum atomic E-state index is 13.5. The molecule has 0 atom stereocenters. The fourth-order valence-electron chi connectivity index (χ4n) is 2.87. The maximum absolute atomic E-state index is 13.5. The Morgan fingerprint density at radius 1 is 1.11 bits per heavy atom. The number of guanidine groups is 1. The van der Waals surface area contributed by atoms with E-state index in [1.54, 1.807) is 32.3 Å². The van der Waals surface area contributed by atoms with Gasteiger partial charge in [-0.3, -0.25) is 9.79 Å². The van der Waals surface area contributed by atoms with Gasteiger partial charge in [0, 0.05) is 38.2 Å².